The van der Waals surface area contributed by atoms with Crippen LogP contribution >= 0.6 is 15.9 Å². The van der Waals surface area contributed by atoms with E-state index in [-0.39, 0.29) is 12.4 Å². The van der Waals surface area contributed by atoms with Gasteiger partial charge < -0.3 is 14.8 Å². The first-order valence-electron chi connectivity index (χ1n) is 4.84. The van der Waals surface area contributed by atoms with E-state index in [9.17, 15) is 4.79 Å². The van der Waals surface area contributed by atoms with Crippen molar-refractivity contribution in [3.63, 3.8) is 0 Å². The number of ether oxygens (including phenoxy) is 1. The molecule has 0 fully saturated rings. The highest BCUT2D eigenvalue weighted by atomic mass is 79.9. The van der Waals surface area contributed by atoms with Gasteiger partial charge in [-0.15, -0.1) is 0 Å². The Morgan fingerprint density at radius 3 is 2.75 bits per heavy atom. The van der Waals surface area contributed by atoms with Crippen molar-refractivity contribution in [2.24, 2.45) is 0 Å². The fourth-order valence-corrected chi connectivity index (χ4v) is 1.41. The predicted molar refractivity (Wildman–Crippen MR) is 64.8 cm³/mol. The van der Waals surface area contributed by atoms with Gasteiger partial charge in [0.1, 0.15) is 12.4 Å². The first-order valence-corrected chi connectivity index (χ1v) is 5.64. The number of benzene rings is 1. The molecular formula is C10H12BBrO4. The molecule has 0 heterocycles. The number of carbonyl (C=O) groups is 1. The highest BCUT2D eigenvalue weighted by Crippen LogP contribution is 2.23. The minimum atomic E-state index is -1.54. The van der Waals surface area contributed by atoms with Gasteiger partial charge in [-0.25, -0.2) is 0 Å². The van der Waals surface area contributed by atoms with Gasteiger partial charge in [0.2, 0.25) is 0 Å². The Bertz CT molecular complexity index is 381. The van der Waals surface area contributed by atoms with E-state index in [1.165, 1.54) is 6.07 Å². The second kappa shape index (κ2) is 6.03. The van der Waals surface area contributed by atoms with E-state index in [0.29, 0.717) is 22.1 Å². The maximum atomic E-state index is 11.1. The van der Waals surface area contributed by atoms with Crippen LogP contribution < -0.4 is 10.2 Å². The summed E-state index contributed by atoms with van der Waals surface area (Å²) in [5, 5.41) is 18.0. The molecule has 0 unspecified atom stereocenters. The lowest BCUT2D eigenvalue weighted by Crippen LogP contribution is -2.29. The summed E-state index contributed by atoms with van der Waals surface area (Å²) in [6.07, 6.45) is 0.417. The molecule has 16 heavy (non-hydrogen) atoms. The molecule has 0 amide bonds. The van der Waals surface area contributed by atoms with Crippen molar-refractivity contribution in [1.29, 1.82) is 0 Å². The molecule has 0 aliphatic rings. The summed E-state index contributed by atoms with van der Waals surface area (Å²) in [4.78, 5) is 11.1. The van der Waals surface area contributed by atoms with Crippen molar-refractivity contribution in [1.82, 2.24) is 0 Å². The number of carbonyl (C=O) groups excluding carboxylic acids is 1. The van der Waals surface area contributed by atoms with Crippen molar-refractivity contribution in [2.45, 2.75) is 13.3 Å². The zero-order chi connectivity index (χ0) is 12.1. The summed E-state index contributed by atoms with van der Waals surface area (Å²) in [6.45, 7) is 1.74. The molecule has 86 valence electrons. The number of rotatable bonds is 5. The van der Waals surface area contributed by atoms with Gasteiger partial charge in [0.05, 0.1) is 4.47 Å². The van der Waals surface area contributed by atoms with Gasteiger partial charge in [-0.2, -0.15) is 0 Å². The molecule has 1 rings (SSSR count). The molecule has 1 aromatic rings. The minimum absolute atomic E-state index is 0.0122. The van der Waals surface area contributed by atoms with E-state index in [4.69, 9.17) is 14.8 Å². The Balaban J connectivity index is 2.78. The van der Waals surface area contributed by atoms with Gasteiger partial charge in [-0.1, -0.05) is 13.0 Å². The zero-order valence-electron chi connectivity index (χ0n) is 8.81. The second-order valence-electron chi connectivity index (χ2n) is 3.24. The molecular weight excluding hydrogens is 275 g/mol. The Kier molecular flexibility index (Phi) is 4.98. The van der Waals surface area contributed by atoms with Gasteiger partial charge >= 0.3 is 7.12 Å². The molecule has 0 radical (unpaired) electrons. The first-order chi connectivity index (χ1) is 7.54. The van der Waals surface area contributed by atoms with Crippen LogP contribution in [0.25, 0.3) is 0 Å². The fourth-order valence-electron chi connectivity index (χ4n) is 1.05. The van der Waals surface area contributed by atoms with E-state index >= 15 is 0 Å². The molecule has 0 atom stereocenters. The minimum Gasteiger partial charge on any atom is -0.485 e. The zero-order valence-corrected chi connectivity index (χ0v) is 10.4. The maximum Gasteiger partial charge on any atom is 0.488 e. The monoisotopic (exact) mass is 286 g/mol. The molecule has 0 aliphatic heterocycles. The first kappa shape index (κ1) is 13.2. The van der Waals surface area contributed by atoms with Crippen LogP contribution in [0.2, 0.25) is 0 Å². The van der Waals surface area contributed by atoms with Crippen LogP contribution in [0.1, 0.15) is 13.3 Å². The van der Waals surface area contributed by atoms with Crippen LogP contribution in [0, 0.1) is 0 Å². The predicted octanol–water partition coefficient (Wildman–Crippen LogP) is 0.487. The number of hydrogen-bond donors (Lipinski definition) is 2. The number of Topliss-reactive ketones (excluding diaryl/α,β-unsaturated/α-hetero) is 1. The Morgan fingerprint density at radius 2 is 2.19 bits per heavy atom. The maximum absolute atomic E-state index is 11.1. The van der Waals surface area contributed by atoms with E-state index in [1.807, 2.05) is 0 Å². The summed E-state index contributed by atoms with van der Waals surface area (Å²) < 4.78 is 5.93. The molecule has 0 aromatic heterocycles. The van der Waals surface area contributed by atoms with Gasteiger partial charge in [-0.3, -0.25) is 4.79 Å². The van der Waals surface area contributed by atoms with Crippen molar-refractivity contribution < 1.29 is 19.6 Å². The standard InChI is InChI=1S/C10H12BBrO4/c1-2-8(13)6-16-10-5-7(11(14)15)3-4-9(10)12/h3-5,14-15H,2,6H2,1H3. The number of halogens is 1. The molecule has 0 saturated heterocycles. The molecule has 6 heteroatoms. The van der Waals surface area contributed by atoms with Crippen molar-refractivity contribution in [2.75, 3.05) is 6.61 Å². The van der Waals surface area contributed by atoms with Crippen molar-refractivity contribution in [3.8, 4) is 5.75 Å². The van der Waals surface area contributed by atoms with Crippen LogP contribution in [-0.2, 0) is 4.79 Å². The van der Waals surface area contributed by atoms with Gasteiger partial charge in [0.15, 0.2) is 5.78 Å². The quantitative estimate of drug-likeness (QED) is 0.773. The highest BCUT2D eigenvalue weighted by Gasteiger charge is 2.13. The SMILES string of the molecule is CCC(=O)COc1cc(B(O)O)ccc1Br. The van der Waals surface area contributed by atoms with Crippen LogP contribution in [0.15, 0.2) is 22.7 Å². The average Bonchev–Trinajstić information content (AvgIpc) is 2.27. The van der Waals surface area contributed by atoms with E-state index in [2.05, 4.69) is 15.9 Å². The second-order valence-corrected chi connectivity index (χ2v) is 4.10. The lowest BCUT2D eigenvalue weighted by atomic mass is 9.80. The molecule has 0 spiro atoms. The van der Waals surface area contributed by atoms with Gasteiger partial charge in [-0.05, 0) is 33.5 Å². The Hall–Kier alpha value is -0.845. The lowest BCUT2D eigenvalue weighted by Gasteiger charge is -2.08. The molecule has 2 N–H and O–H groups in total. The van der Waals surface area contributed by atoms with Crippen LogP contribution in [0.5, 0.6) is 5.75 Å². The molecule has 4 nitrogen and oxygen atoms in total. The third-order valence-corrected chi connectivity index (χ3v) is 2.69. The third kappa shape index (κ3) is 3.62. The van der Waals surface area contributed by atoms with E-state index in [1.54, 1.807) is 19.1 Å². The van der Waals surface area contributed by atoms with Crippen molar-refractivity contribution >= 4 is 34.3 Å². The Morgan fingerprint density at radius 1 is 1.50 bits per heavy atom. The van der Waals surface area contributed by atoms with Crippen LogP contribution in [0.4, 0.5) is 0 Å². The molecule has 0 saturated carbocycles. The third-order valence-electron chi connectivity index (χ3n) is 2.04. The average molecular weight is 287 g/mol. The Labute approximate surface area is 103 Å². The molecule has 0 aliphatic carbocycles. The highest BCUT2D eigenvalue weighted by molar-refractivity contribution is 9.10. The summed E-state index contributed by atoms with van der Waals surface area (Å²) in [7, 11) is -1.54. The summed E-state index contributed by atoms with van der Waals surface area (Å²) in [5.41, 5.74) is 0.321. The topological polar surface area (TPSA) is 66.8 Å². The van der Waals surface area contributed by atoms with E-state index < -0.39 is 7.12 Å². The molecule has 0 bridgehead atoms. The summed E-state index contributed by atoms with van der Waals surface area (Å²) in [5.74, 6) is 0.411. The van der Waals surface area contributed by atoms with Gasteiger partial charge in [0, 0.05) is 6.42 Å². The largest absolute Gasteiger partial charge is 0.488 e. The number of ketones is 1. The lowest BCUT2D eigenvalue weighted by molar-refractivity contribution is -0.120. The van der Waals surface area contributed by atoms with Crippen molar-refractivity contribution in [3.05, 3.63) is 22.7 Å². The smallest absolute Gasteiger partial charge is 0.485 e. The van der Waals surface area contributed by atoms with Gasteiger partial charge in [0.25, 0.3) is 0 Å². The summed E-state index contributed by atoms with van der Waals surface area (Å²) in [6, 6.07) is 4.68. The van der Waals surface area contributed by atoms with E-state index in [0.717, 1.165) is 0 Å². The fraction of sp³-hybridized carbons (Fsp3) is 0.300. The molecule has 1 aromatic carbocycles. The van der Waals surface area contributed by atoms with Crippen LogP contribution in [0.3, 0.4) is 0 Å². The summed E-state index contributed by atoms with van der Waals surface area (Å²) >= 11 is 3.25. The van der Waals surface area contributed by atoms with Crippen LogP contribution in [-0.4, -0.2) is 29.6 Å². The normalized spacial score (nSPS) is 10.0. The number of hydrogen-bond acceptors (Lipinski definition) is 4.